The largest absolute Gasteiger partial charge is 0.444 e. The highest BCUT2D eigenvalue weighted by Crippen LogP contribution is 2.38. The molecule has 2 fully saturated rings. The van der Waals surface area contributed by atoms with Crippen LogP contribution < -0.4 is 0 Å². The van der Waals surface area contributed by atoms with Gasteiger partial charge in [-0.25, -0.2) is 9.78 Å². The summed E-state index contributed by atoms with van der Waals surface area (Å²) in [5.74, 6) is -0.0864. The molecule has 9 heteroatoms. The maximum atomic E-state index is 14.1. The van der Waals surface area contributed by atoms with Gasteiger partial charge in [0.2, 0.25) is 0 Å². The van der Waals surface area contributed by atoms with Crippen LogP contribution in [0.3, 0.4) is 0 Å². The number of aromatic nitrogens is 2. The van der Waals surface area contributed by atoms with Crippen molar-refractivity contribution in [2.45, 2.75) is 70.9 Å². The van der Waals surface area contributed by atoms with Crippen LogP contribution in [-0.2, 0) is 32.1 Å². The number of aryl methyl sites for hydroxylation is 1. The maximum absolute atomic E-state index is 14.1. The minimum Gasteiger partial charge on any atom is -0.444 e. The molecule has 0 N–H and O–H groups in total. The summed E-state index contributed by atoms with van der Waals surface area (Å²) in [5, 5.41) is 3.41. The Morgan fingerprint density at radius 1 is 1.07 bits per heavy atom. The first-order valence-electron chi connectivity index (χ1n) is 15.6. The summed E-state index contributed by atoms with van der Waals surface area (Å²) in [6.07, 6.45) is 5.63. The topological polar surface area (TPSA) is 86.1 Å². The maximum Gasteiger partial charge on any atom is 0.410 e. The second-order valence-corrected chi connectivity index (χ2v) is 12.8. The third-order valence-corrected chi connectivity index (χ3v) is 8.27. The number of carbonyl (C=O) groups is 2. The van der Waals surface area contributed by atoms with E-state index in [1.807, 2.05) is 31.9 Å². The van der Waals surface area contributed by atoms with Gasteiger partial charge in [-0.2, -0.15) is 0 Å². The Kier molecular flexibility index (Phi) is 8.60. The van der Waals surface area contributed by atoms with E-state index in [2.05, 4.69) is 59.3 Å². The fraction of sp³-hybridized carbons (Fsp3) is 0.457. The van der Waals surface area contributed by atoms with Crippen molar-refractivity contribution in [3.63, 3.8) is 0 Å². The van der Waals surface area contributed by atoms with Gasteiger partial charge in [0.1, 0.15) is 11.2 Å². The predicted molar refractivity (Wildman–Crippen MR) is 170 cm³/mol. The highest BCUT2D eigenvalue weighted by molar-refractivity contribution is 6.05. The van der Waals surface area contributed by atoms with E-state index in [1.165, 1.54) is 10.8 Å². The Morgan fingerprint density at radius 3 is 2.64 bits per heavy atom. The Hall–Kier alpha value is -3.95. The zero-order valence-corrected chi connectivity index (χ0v) is 26.1. The van der Waals surface area contributed by atoms with Crippen molar-refractivity contribution in [3.05, 3.63) is 66.5 Å². The molecular weight excluding hydrogens is 556 g/mol. The van der Waals surface area contributed by atoms with Crippen molar-refractivity contribution in [1.29, 1.82) is 0 Å². The standard InChI is InChI=1S/C35H42N4O5/c1-35(2,3)44-34(41)38-18-20-43-30(23-38)33(40)39(26-13-14-26)22-25-21-37(17-8-19-42-4)32-31(25)29(15-16-36-32)28-12-7-10-24-9-5-6-11-27(24)28/h5-7,9-12,15-16,21,26,30H,8,13-14,17-20,22-23H2,1-4H3/t30-/m1/s1. The molecule has 9 nitrogen and oxygen atoms in total. The molecular formula is C35H42N4O5. The second kappa shape index (κ2) is 12.6. The third kappa shape index (κ3) is 6.44. The summed E-state index contributed by atoms with van der Waals surface area (Å²) < 4.78 is 19.1. The second-order valence-electron chi connectivity index (χ2n) is 12.8. The number of pyridine rings is 1. The van der Waals surface area contributed by atoms with Crippen LogP contribution >= 0.6 is 0 Å². The van der Waals surface area contributed by atoms with Crippen LogP contribution in [0.5, 0.6) is 0 Å². The molecule has 1 saturated heterocycles. The fourth-order valence-electron chi connectivity index (χ4n) is 6.09. The lowest BCUT2D eigenvalue weighted by molar-refractivity contribution is -0.150. The van der Waals surface area contributed by atoms with Gasteiger partial charge in [0, 0.05) is 57.2 Å². The van der Waals surface area contributed by atoms with Crippen molar-refractivity contribution in [1.82, 2.24) is 19.4 Å². The molecule has 3 heterocycles. The lowest BCUT2D eigenvalue weighted by Gasteiger charge is -2.36. The molecule has 6 rings (SSSR count). The van der Waals surface area contributed by atoms with Gasteiger partial charge in [0.05, 0.1) is 13.2 Å². The SMILES string of the molecule is COCCCn1cc(CN(C(=O)[C@H]2CN(C(=O)OC(C)(C)C)CCO2)C2CC2)c2c(-c3cccc4ccccc34)ccnc21. The minimum atomic E-state index is -0.734. The first-order valence-corrected chi connectivity index (χ1v) is 15.6. The average molecular weight is 599 g/mol. The molecule has 4 aromatic rings. The molecule has 232 valence electrons. The summed E-state index contributed by atoms with van der Waals surface area (Å²) in [4.78, 5) is 35.3. The van der Waals surface area contributed by atoms with Crippen molar-refractivity contribution >= 4 is 33.8 Å². The number of benzene rings is 2. The quantitative estimate of drug-likeness (QED) is 0.219. The Bertz CT molecular complexity index is 1650. The van der Waals surface area contributed by atoms with Crippen LogP contribution in [0.2, 0.25) is 0 Å². The first-order chi connectivity index (χ1) is 21.2. The smallest absolute Gasteiger partial charge is 0.410 e. The van der Waals surface area contributed by atoms with E-state index in [1.54, 1.807) is 12.0 Å². The number of hydrogen-bond donors (Lipinski definition) is 0. The van der Waals surface area contributed by atoms with Gasteiger partial charge in [-0.05, 0) is 73.6 Å². The van der Waals surface area contributed by atoms with Crippen LogP contribution in [0.4, 0.5) is 4.79 Å². The van der Waals surface area contributed by atoms with E-state index in [9.17, 15) is 9.59 Å². The average Bonchev–Trinajstić information content (AvgIpc) is 3.80. The predicted octanol–water partition coefficient (Wildman–Crippen LogP) is 6.02. The molecule has 2 amide bonds. The van der Waals surface area contributed by atoms with E-state index >= 15 is 0 Å². The van der Waals surface area contributed by atoms with Gasteiger partial charge in [0.25, 0.3) is 5.91 Å². The molecule has 1 saturated carbocycles. The molecule has 2 aliphatic rings. The monoisotopic (exact) mass is 598 g/mol. The number of methoxy groups -OCH3 is 1. The summed E-state index contributed by atoms with van der Waals surface area (Å²) in [7, 11) is 1.71. The van der Waals surface area contributed by atoms with E-state index in [0.29, 0.717) is 26.3 Å². The number of nitrogens with zero attached hydrogens (tertiary/aromatic N) is 4. The molecule has 1 aliphatic carbocycles. The highest BCUT2D eigenvalue weighted by atomic mass is 16.6. The normalized spacial score (nSPS) is 17.3. The number of fused-ring (bicyclic) bond motifs is 2. The molecule has 0 spiro atoms. The summed E-state index contributed by atoms with van der Waals surface area (Å²) in [6, 6.07) is 17.0. The van der Waals surface area contributed by atoms with Gasteiger partial charge in [-0.3, -0.25) is 4.79 Å². The zero-order chi connectivity index (χ0) is 30.8. The molecule has 1 atom stereocenters. The van der Waals surface area contributed by atoms with E-state index in [0.717, 1.165) is 53.5 Å². The zero-order valence-electron chi connectivity index (χ0n) is 26.1. The van der Waals surface area contributed by atoms with E-state index < -0.39 is 17.8 Å². The number of amides is 2. The molecule has 2 aromatic heterocycles. The Labute approximate surface area is 258 Å². The number of morpholine rings is 1. The number of hydrogen-bond acceptors (Lipinski definition) is 6. The summed E-state index contributed by atoms with van der Waals surface area (Å²) >= 11 is 0. The minimum absolute atomic E-state index is 0.0864. The van der Waals surface area contributed by atoms with E-state index in [-0.39, 0.29) is 18.5 Å². The van der Waals surface area contributed by atoms with Gasteiger partial charge >= 0.3 is 6.09 Å². The van der Waals surface area contributed by atoms with Crippen LogP contribution in [0, 0.1) is 0 Å². The Balaban J connectivity index is 1.35. The fourth-order valence-corrected chi connectivity index (χ4v) is 6.09. The summed E-state index contributed by atoms with van der Waals surface area (Å²) in [5.41, 5.74) is 3.57. The number of rotatable bonds is 9. The molecule has 0 radical (unpaired) electrons. The number of ether oxygens (including phenoxy) is 3. The van der Waals surface area contributed by atoms with Gasteiger partial charge in [-0.1, -0.05) is 42.5 Å². The molecule has 2 aromatic carbocycles. The van der Waals surface area contributed by atoms with Gasteiger partial charge < -0.3 is 28.6 Å². The highest BCUT2D eigenvalue weighted by Gasteiger charge is 2.40. The number of carbonyl (C=O) groups excluding carboxylic acids is 2. The van der Waals surface area contributed by atoms with Gasteiger partial charge in [0.15, 0.2) is 6.10 Å². The molecule has 0 bridgehead atoms. The van der Waals surface area contributed by atoms with Gasteiger partial charge in [-0.15, -0.1) is 0 Å². The lowest BCUT2D eigenvalue weighted by atomic mass is 9.95. The van der Waals surface area contributed by atoms with Crippen molar-refractivity contribution in [3.8, 4) is 11.1 Å². The third-order valence-electron chi connectivity index (χ3n) is 8.27. The van der Waals surface area contributed by atoms with Crippen molar-refractivity contribution in [2.24, 2.45) is 0 Å². The molecule has 44 heavy (non-hydrogen) atoms. The molecule has 0 unspecified atom stereocenters. The van der Waals surface area contributed by atoms with Crippen LogP contribution in [-0.4, -0.2) is 82.5 Å². The summed E-state index contributed by atoms with van der Waals surface area (Å²) in [6.45, 7) is 8.24. The van der Waals surface area contributed by atoms with E-state index in [4.69, 9.17) is 19.2 Å². The Morgan fingerprint density at radius 2 is 1.86 bits per heavy atom. The van der Waals surface area contributed by atoms with Crippen LogP contribution in [0.15, 0.2) is 60.9 Å². The molecule has 1 aliphatic heterocycles. The van der Waals surface area contributed by atoms with Crippen molar-refractivity contribution in [2.75, 3.05) is 33.4 Å². The van der Waals surface area contributed by atoms with Crippen molar-refractivity contribution < 1.29 is 23.8 Å². The van der Waals surface area contributed by atoms with Crippen LogP contribution in [0.25, 0.3) is 32.9 Å². The first kappa shape index (κ1) is 30.1. The lowest BCUT2D eigenvalue weighted by Crippen LogP contribution is -2.53. The van der Waals surface area contributed by atoms with Crippen LogP contribution in [0.1, 0.15) is 45.6 Å².